The molecular formula is C19H20N4O6S. The van der Waals surface area contributed by atoms with Crippen LogP contribution < -0.4 is 14.8 Å². The van der Waals surface area contributed by atoms with Crippen LogP contribution in [0.5, 0.6) is 17.2 Å². The zero-order valence-corrected chi connectivity index (χ0v) is 17.0. The Labute approximate surface area is 172 Å². The highest BCUT2D eigenvalue weighted by Crippen LogP contribution is 2.29. The lowest BCUT2D eigenvalue weighted by atomic mass is 10.2. The van der Waals surface area contributed by atoms with E-state index < -0.39 is 21.8 Å². The molecule has 10 nitrogen and oxygen atoms in total. The maximum atomic E-state index is 12.6. The average molecular weight is 432 g/mol. The molecule has 0 spiro atoms. The van der Waals surface area contributed by atoms with E-state index in [9.17, 15) is 18.3 Å². The van der Waals surface area contributed by atoms with Gasteiger partial charge in [-0.3, -0.25) is 9.89 Å². The van der Waals surface area contributed by atoms with Crippen molar-refractivity contribution in [3.8, 4) is 17.2 Å². The predicted molar refractivity (Wildman–Crippen MR) is 108 cm³/mol. The van der Waals surface area contributed by atoms with Crippen LogP contribution in [0.3, 0.4) is 0 Å². The number of amides is 1. The maximum Gasteiger partial charge on any atom is 0.257 e. The minimum Gasteiger partial charge on any atom is -0.488 e. The Kier molecular flexibility index (Phi) is 6.33. The number of hydrogen-bond donors (Lipinski definition) is 3. The number of aliphatic hydroxyl groups excluding tert-OH is 1. The van der Waals surface area contributed by atoms with E-state index in [0.717, 1.165) is 6.26 Å². The van der Waals surface area contributed by atoms with E-state index >= 15 is 0 Å². The number of carbonyl (C=O) groups is 1. The van der Waals surface area contributed by atoms with Crippen LogP contribution in [0.4, 0.5) is 5.82 Å². The van der Waals surface area contributed by atoms with E-state index in [1.165, 1.54) is 42.6 Å². The molecule has 2 aromatic carbocycles. The predicted octanol–water partition coefficient (Wildman–Crippen LogP) is 2.01. The van der Waals surface area contributed by atoms with Crippen molar-refractivity contribution in [2.75, 3.05) is 18.2 Å². The zero-order valence-electron chi connectivity index (χ0n) is 16.2. The number of aromatic nitrogens is 3. The second-order valence-electron chi connectivity index (χ2n) is 6.46. The Morgan fingerprint density at radius 3 is 2.47 bits per heavy atom. The number of ether oxygens (including phenoxy) is 2. The van der Waals surface area contributed by atoms with Gasteiger partial charge in [0.25, 0.3) is 5.91 Å². The average Bonchev–Trinajstić information content (AvgIpc) is 3.20. The number of H-pyrrole nitrogens is 1. The van der Waals surface area contributed by atoms with Crippen molar-refractivity contribution in [2.45, 2.75) is 17.9 Å². The number of sulfone groups is 1. The molecule has 3 N–H and O–H groups in total. The Hall–Kier alpha value is -3.44. The van der Waals surface area contributed by atoms with Crippen LogP contribution in [0, 0.1) is 0 Å². The lowest BCUT2D eigenvalue weighted by Gasteiger charge is -2.15. The standard InChI is InChI=1S/C19H20N4O6S/c1-12(11-24)28-15-7-13(19(25)21-18-10-20-23-22-18)8-16(9-15)29-14-3-5-17(6-4-14)30(2,26)27/h3-10,12,24H,11H2,1-2H3,(H2,20,21,22,23,25)/t12-/m0/s1. The Morgan fingerprint density at radius 2 is 1.87 bits per heavy atom. The van der Waals surface area contributed by atoms with E-state index in [0.29, 0.717) is 11.5 Å². The first-order valence-corrected chi connectivity index (χ1v) is 10.7. The minimum atomic E-state index is -3.32. The van der Waals surface area contributed by atoms with E-state index in [2.05, 4.69) is 20.7 Å². The molecule has 0 bridgehead atoms. The molecule has 0 aliphatic rings. The molecule has 158 valence electrons. The second-order valence-corrected chi connectivity index (χ2v) is 8.48. The number of aliphatic hydroxyl groups is 1. The maximum absolute atomic E-state index is 12.6. The van der Waals surface area contributed by atoms with Crippen LogP contribution in [0.15, 0.2) is 53.6 Å². The van der Waals surface area contributed by atoms with Crippen LogP contribution >= 0.6 is 0 Å². The summed E-state index contributed by atoms with van der Waals surface area (Å²) in [6.07, 6.45) is 2.04. The summed E-state index contributed by atoms with van der Waals surface area (Å²) in [7, 11) is -3.32. The van der Waals surface area contributed by atoms with Crippen LogP contribution in [-0.2, 0) is 9.84 Å². The highest BCUT2D eigenvalue weighted by atomic mass is 32.2. The van der Waals surface area contributed by atoms with Crippen molar-refractivity contribution in [1.82, 2.24) is 15.4 Å². The summed E-state index contributed by atoms with van der Waals surface area (Å²) in [6.45, 7) is 1.46. The fraction of sp³-hybridized carbons (Fsp3) is 0.211. The first kappa shape index (κ1) is 21.3. The van der Waals surface area contributed by atoms with Gasteiger partial charge >= 0.3 is 0 Å². The number of anilines is 1. The van der Waals surface area contributed by atoms with Crippen LogP contribution in [-0.4, -0.2) is 53.8 Å². The van der Waals surface area contributed by atoms with Gasteiger partial charge in [0.2, 0.25) is 0 Å². The number of aromatic amines is 1. The smallest absolute Gasteiger partial charge is 0.257 e. The van der Waals surface area contributed by atoms with E-state index in [1.54, 1.807) is 13.0 Å². The summed E-state index contributed by atoms with van der Waals surface area (Å²) in [6, 6.07) is 10.4. The summed E-state index contributed by atoms with van der Waals surface area (Å²) in [5, 5.41) is 21.5. The molecule has 0 radical (unpaired) electrons. The molecule has 3 rings (SSSR count). The first-order valence-electron chi connectivity index (χ1n) is 8.83. The molecule has 1 heterocycles. The molecule has 30 heavy (non-hydrogen) atoms. The van der Waals surface area contributed by atoms with Crippen LogP contribution in [0.2, 0.25) is 0 Å². The SMILES string of the molecule is C[C@@H](CO)Oc1cc(Oc2ccc(S(C)(=O)=O)cc2)cc(C(=O)Nc2c[nH]nn2)c1. The number of nitrogens with zero attached hydrogens (tertiary/aromatic N) is 2. The number of hydrogen-bond acceptors (Lipinski definition) is 8. The molecule has 1 amide bonds. The highest BCUT2D eigenvalue weighted by Gasteiger charge is 2.14. The summed E-state index contributed by atoms with van der Waals surface area (Å²) in [5.41, 5.74) is 0.225. The third-order valence-electron chi connectivity index (χ3n) is 3.88. The van der Waals surface area contributed by atoms with Crippen molar-refractivity contribution in [1.29, 1.82) is 0 Å². The van der Waals surface area contributed by atoms with E-state index in [-0.39, 0.29) is 28.6 Å². The summed E-state index contributed by atoms with van der Waals surface area (Å²) in [4.78, 5) is 12.7. The van der Waals surface area contributed by atoms with Gasteiger partial charge in [0.15, 0.2) is 15.7 Å². The van der Waals surface area contributed by atoms with Crippen molar-refractivity contribution in [3.63, 3.8) is 0 Å². The van der Waals surface area contributed by atoms with Crippen molar-refractivity contribution >= 4 is 21.6 Å². The molecule has 11 heteroatoms. The fourth-order valence-electron chi connectivity index (χ4n) is 2.44. The Bertz CT molecular complexity index is 1110. The Morgan fingerprint density at radius 1 is 1.17 bits per heavy atom. The summed E-state index contributed by atoms with van der Waals surface area (Å²) in [5.74, 6) is 0.747. The van der Waals surface area contributed by atoms with Gasteiger partial charge < -0.3 is 19.9 Å². The van der Waals surface area contributed by atoms with Crippen molar-refractivity contribution in [3.05, 3.63) is 54.2 Å². The lowest BCUT2D eigenvalue weighted by molar-refractivity contribution is 0.102. The van der Waals surface area contributed by atoms with Crippen molar-refractivity contribution < 1.29 is 27.8 Å². The van der Waals surface area contributed by atoms with Gasteiger partial charge in [0.05, 0.1) is 17.7 Å². The monoisotopic (exact) mass is 432 g/mol. The molecule has 3 aromatic rings. The van der Waals surface area contributed by atoms with Gasteiger partial charge in [0.1, 0.15) is 23.4 Å². The first-order chi connectivity index (χ1) is 14.2. The largest absolute Gasteiger partial charge is 0.488 e. The Balaban J connectivity index is 1.88. The van der Waals surface area contributed by atoms with E-state index in [1.807, 2.05) is 0 Å². The van der Waals surface area contributed by atoms with Crippen LogP contribution in [0.25, 0.3) is 0 Å². The highest BCUT2D eigenvalue weighted by molar-refractivity contribution is 7.90. The number of nitrogens with one attached hydrogen (secondary N) is 2. The molecule has 1 aromatic heterocycles. The third-order valence-corrected chi connectivity index (χ3v) is 5.01. The molecule has 0 saturated heterocycles. The number of carbonyl (C=O) groups excluding carboxylic acids is 1. The second kappa shape index (κ2) is 8.93. The molecule has 0 aliphatic carbocycles. The summed E-state index contributed by atoms with van der Waals surface area (Å²) < 4.78 is 34.6. The minimum absolute atomic E-state index is 0.163. The molecule has 0 aliphatic heterocycles. The summed E-state index contributed by atoms with van der Waals surface area (Å²) >= 11 is 0. The lowest BCUT2D eigenvalue weighted by Crippen LogP contribution is -2.17. The fourth-order valence-corrected chi connectivity index (χ4v) is 3.07. The normalized spacial score (nSPS) is 12.2. The molecule has 0 unspecified atom stereocenters. The van der Waals surface area contributed by atoms with Crippen LogP contribution in [0.1, 0.15) is 17.3 Å². The van der Waals surface area contributed by atoms with Gasteiger partial charge in [0, 0.05) is 17.9 Å². The van der Waals surface area contributed by atoms with Gasteiger partial charge in [-0.25, -0.2) is 8.42 Å². The molecule has 0 saturated carbocycles. The van der Waals surface area contributed by atoms with Gasteiger partial charge in [-0.05, 0) is 43.3 Å². The molecular weight excluding hydrogens is 412 g/mol. The molecule has 0 fully saturated rings. The number of rotatable bonds is 8. The third kappa shape index (κ3) is 5.55. The quantitative estimate of drug-likeness (QED) is 0.490. The molecule has 1 atom stereocenters. The number of benzene rings is 2. The van der Waals surface area contributed by atoms with Gasteiger partial charge in [-0.1, -0.05) is 5.21 Å². The van der Waals surface area contributed by atoms with Crippen molar-refractivity contribution in [2.24, 2.45) is 0 Å². The van der Waals surface area contributed by atoms with E-state index in [4.69, 9.17) is 9.47 Å². The van der Waals surface area contributed by atoms with Gasteiger partial charge in [-0.15, -0.1) is 5.10 Å². The topological polar surface area (TPSA) is 144 Å². The van der Waals surface area contributed by atoms with Gasteiger partial charge in [-0.2, -0.15) is 0 Å². The zero-order chi connectivity index (χ0) is 21.7.